The first-order chi connectivity index (χ1) is 15.2. The van der Waals surface area contributed by atoms with Crippen LogP contribution in [0.15, 0.2) is 12.1 Å². The minimum atomic E-state index is -0.885. The summed E-state index contributed by atoms with van der Waals surface area (Å²) in [7, 11) is 1.77. The summed E-state index contributed by atoms with van der Waals surface area (Å²) in [6.07, 6.45) is 3.39. The molecule has 2 heterocycles. The number of hydrogen-bond acceptors (Lipinski definition) is 3. The van der Waals surface area contributed by atoms with Gasteiger partial charge < -0.3 is 15.1 Å². The zero-order chi connectivity index (χ0) is 23.4. The van der Waals surface area contributed by atoms with Crippen molar-refractivity contribution in [2.24, 2.45) is 5.92 Å². The molecule has 1 aliphatic rings. The van der Waals surface area contributed by atoms with Gasteiger partial charge in [-0.3, -0.25) is 9.48 Å². The monoisotopic (exact) mass is 467 g/mol. The number of halogens is 3. The highest BCUT2D eigenvalue weighted by atomic mass is 35.5. The van der Waals surface area contributed by atoms with Gasteiger partial charge in [-0.1, -0.05) is 24.9 Å². The average Bonchev–Trinajstić information content (AvgIpc) is 3.06. The van der Waals surface area contributed by atoms with Crippen molar-refractivity contribution in [3.63, 3.8) is 0 Å². The third kappa shape index (κ3) is 5.38. The predicted molar refractivity (Wildman–Crippen MR) is 119 cm³/mol. The van der Waals surface area contributed by atoms with Crippen LogP contribution in [0.2, 0.25) is 5.02 Å². The Labute approximate surface area is 191 Å². The SMILES string of the molecule is CCCC(CN(C)C=O)Cn1nc2c(c1C)CN(C(=O)Nc1cc(Cl)c(F)cc1F)CC2. The minimum Gasteiger partial charge on any atom is -0.348 e. The van der Waals surface area contributed by atoms with Gasteiger partial charge in [-0.15, -0.1) is 0 Å². The van der Waals surface area contributed by atoms with E-state index in [4.69, 9.17) is 16.7 Å². The Morgan fingerprint density at radius 2 is 2.12 bits per heavy atom. The second-order valence-corrected chi connectivity index (χ2v) is 8.65. The number of fused-ring (bicyclic) bond motifs is 1. The van der Waals surface area contributed by atoms with E-state index in [0.717, 1.165) is 42.3 Å². The molecule has 0 spiro atoms. The maximum Gasteiger partial charge on any atom is 0.322 e. The lowest BCUT2D eigenvalue weighted by Crippen LogP contribution is -2.39. The van der Waals surface area contributed by atoms with Gasteiger partial charge in [0, 0.05) is 50.4 Å². The van der Waals surface area contributed by atoms with E-state index in [9.17, 15) is 18.4 Å². The van der Waals surface area contributed by atoms with Crippen molar-refractivity contribution in [1.29, 1.82) is 0 Å². The number of benzene rings is 1. The fourth-order valence-corrected chi connectivity index (χ4v) is 4.23. The number of aromatic nitrogens is 2. The van der Waals surface area contributed by atoms with Crippen LogP contribution in [0.5, 0.6) is 0 Å². The first-order valence-corrected chi connectivity index (χ1v) is 11.0. The van der Waals surface area contributed by atoms with Crippen LogP contribution in [0, 0.1) is 24.5 Å². The molecule has 2 aromatic rings. The molecule has 0 saturated carbocycles. The van der Waals surface area contributed by atoms with Crippen molar-refractivity contribution in [1.82, 2.24) is 19.6 Å². The molecule has 1 aromatic heterocycles. The number of rotatable bonds is 8. The molecule has 1 atom stereocenters. The average molecular weight is 468 g/mol. The molecule has 1 aromatic carbocycles. The molecule has 10 heteroatoms. The van der Waals surface area contributed by atoms with Crippen LogP contribution in [-0.2, 0) is 24.3 Å². The van der Waals surface area contributed by atoms with Crippen molar-refractivity contribution < 1.29 is 18.4 Å². The van der Waals surface area contributed by atoms with Gasteiger partial charge in [0.2, 0.25) is 6.41 Å². The molecule has 174 valence electrons. The number of nitrogens with zero attached hydrogens (tertiary/aromatic N) is 4. The minimum absolute atomic E-state index is 0.165. The topological polar surface area (TPSA) is 70.5 Å². The summed E-state index contributed by atoms with van der Waals surface area (Å²) in [6.45, 7) is 6.20. The smallest absolute Gasteiger partial charge is 0.322 e. The molecule has 0 bridgehead atoms. The zero-order valence-electron chi connectivity index (χ0n) is 18.5. The maximum absolute atomic E-state index is 14.0. The highest BCUT2D eigenvalue weighted by molar-refractivity contribution is 6.31. The second-order valence-electron chi connectivity index (χ2n) is 8.24. The molecular weight excluding hydrogens is 440 g/mol. The van der Waals surface area contributed by atoms with Crippen molar-refractivity contribution in [3.05, 3.63) is 45.7 Å². The first-order valence-electron chi connectivity index (χ1n) is 10.6. The van der Waals surface area contributed by atoms with E-state index < -0.39 is 17.7 Å². The Morgan fingerprint density at radius 3 is 2.81 bits per heavy atom. The summed E-state index contributed by atoms with van der Waals surface area (Å²) in [6, 6.07) is 1.23. The van der Waals surface area contributed by atoms with Gasteiger partial charge in [0.1, 0.15) is 11.6 Å². The Balaban J connectivity index is 1.71. The van der Waals surface area contributed by atoms with Gasteiger partial charge in [0.15, 0.2) is 0 Å². The van der Waals surface area contributed by atoms with Gasteiger partial charge in [-0.2, -0.15) is 5.10 Å². The normalized spacial score (nSPS) is 14.1. The first kappa shape index (κ1) is 24.0. The van der Waals surface area contributed by atoms with Crippen LogP contribution in [0.4, 0.5) is 19.3 Å². The van der Waals surface area contributed by atoms with E-state index >= 15 is 0 Å². The van der Waals surface area contributed by atoms with Gasteiger partial charge in [0.25, 0.3) is 0 Å². The van der Waals surface area contributed by atoms with E-state index in [1.54, 1.807) is 16.8 Å². The molecule has 0 fully saturated rings. The van der Waals surface area contributed by atoms with Crippen LogP contribution in [0.1, 0.15) is 36.7 Å². The van der Waals surface area contributed by atoms with Crippen LogP contribution < -0.4 is 5.32 Å². The van der Waals surface area contributed by atoms with Crippen LogP contribution in [0.3, 0.4) is 0 Å². The molecule has 32 heavy (non-hydrogen) atoms. The molecule has 0 aliphatic carbocycles. The molecule has 1 unspecified atom stereocenters. The van der Waals surface area contributed by atoms with Gasteiger partial charge in [-0.25, -0.2) is 13.6 Å². The fraction of sp³-hybridized carbons (Fsp3) is 0.500. The van der Waals surface area contributed by atoms with E-state index in [-0.39, 0.29) is 16.6 Å². The molecule has 0 saturated heterocycles. The number of carbonyl (C=O) groups is 2. The van der Waals surface area contributed by atoms with Gasteiger partial charge in [0.05, 0.1) is 22.9 Å². The summed E-state index contributed by atoms with van der Waals surface area (Å²) < 4.78 is 29.3. The number of urea groups is 1. The highest BCUT2D eigenvalue weighted by Crippen LogP contribution is 2.26. The van der Waals surface area contributed by atoms with Crippen LogP contribution in [0.25, 0.3) is 0 Å². The van der Waals surface area contributed by atoms with Crippen LogP contribution in [-0.4, -0.2) is 52.2 Å². The Bertz CT molecular complexity index is 997. The maximum atomic E-state index is 14.0. The lowest BCUT2D eigenvalue weighted by molar-refractivity contribution is -0.117. The quantitative estimate of drug-likeness (QED) is 0.467. The van der Waals surface area contributed by atoms with Crippen LogP contribution >= 0.6 is 11.6 Å². The van der Waals surface area contributed by atoms with Crippen molar-refractivity contribution >= 4 is 29.7 Å². The van der Waals surface area contributed by atoms with E-state index in [1.807, 2.05) is 11.6 Å². The molecule has 3 rings (SSSR count). The number of amides is 3. The molecule has 1 N–H and O–H groups in total. The standard InChI is InChI=1S/C22H28ClF2N5O2/c1-4-5-15(10-28(3)13-31)11-30-14(2)16-12-29(7-6-20(16)27-30)22(32)26-21-8-17(23)18(24)9-19(21)25/h8-9,13,15H,4-7,10-12H2,1-3H3,(H,26,32). The predicted octanol–water partition coefficient (Wildman–Crippen LogP) is 4.22. The summed E-state index contributed by atoms with van der Waals surface area (Å²) in [4.78, 5) is 26.9. The van der Waals surface area contributed by atoms with E-state index in [1.165, 1.54) is 0 Å². The highest BCUT2D eigenvalue weighted by Gasteiger charge is 2.27. The third-order valence-electron chi connectivity index (χ3n) is 5.77. The second kappa shape index (κ2) is 10.3. The fourth-order valence-electron chi connectivity index (χ4n) is 4.07. The van der Waals surface area contributed by atoms with Gasteiger partial charge >= 0.3 is 6.03 Å². The summed E-state index contributed by atoms with van der Waals surface area (Å²) in [5, 5.41) is 6.97. The Kier molecular flexibility index (Phi) is 7.71. The third-order valence-corrected chi connectivity index (χ3v) is 6.06. The zero-order valence-corrected chi connectivity index (χ0v) is 19.3. The lowest BCUT2D eigenvalue weighted by Gasteiger charge is -2.27. The van der Waals surface area contributed by atoms with Crippen molar-refractivity contribution in [2.45, 2.75) is 46.2 Å². The molecule has 7 nitrogen and oxygen atoms in total. The number of carbonyl (C=O) groups excluding carboxylic acids is 2. The largest absolute Gasteiger partial charge is 0.348 e. The Hall–Kier alpha value is -2.68. The van der Waals surface area contributed by atoms with Crippen molar-refractivity contribution in [3.8, 4) is 0 Å². The summed E-state index contributed by atoms with van der Waals surface area (Å²) >= 11 is 5.71. The molecule has 3 amide bonds. The molecule has 0 radical (unpaired) electrons. The van der Waals surface area contributed by atoms with Gasteiger partial charge in [-0.05, 0) is 25.3 Å². The number of nitrogens with one attached hydrogen (secondary N) is 1. The Morgan fingerprint density at radius 1 is 1.38 bits per heavy atom. The molecule has 1 aliphatic heterocycles. The number of hydrogen-bond donors (Lipinski definition) is 1. The molecular formula is C22H28ClF2N5O2. The summed E-state index contributed by atoms with van der Waals surface area (Å²) in [5.74, 6) is -1.49. The summed E-state index contributed by atoms with van der Waals surface area (Å²) in [5.41, 5.74) is 2.73. The number of anilines is 1. The van der Waals surface area contributed by atoms with E-state index in [0.29, 0.717) is 38.7 Å². The lowest BCUT2D eigenvalue weighted by atomic mass is 10.0. The van der Waals surface area contributed by atoms with E-state index in [2.05, 4.69) is 12.2 Å². The van der Waals surface area contributed by atoms with Crippen molar-refractivity contribution in [2.75, 3.05) is 25.5 Å².